The summed E-state index contributed by atoms with van der Waals surface area (Å²) in [6, 6.07) is 11.9. The summed E-state index contributed by atoms with van der Waals surface area (Å²) in [4.78, 5) is 6.98. The average Bonchev–Trinajstić information content (AvgIpc) is 3.27. The Labute approximate surface area is 178 Å². The molecule has 154 valence electrons. The van der Waals surface area contributed by atoms with Crippen molar-refractivity contribution < 1.29 is 14.4 Å². The molecule has 1 aromatic carbocycles. The fourth-order valence-corrected chi connectivity index (χ4v) is 4.70. The molecule has 0 saturated carbocycles. The lowest BCUT2D eigenvalue weighted by Crippen LogP contribution is -2.36. The zero-order chi connectivity index (χ0) is 20.3. The SMILES string of the molecule is O/N=c1\cc(-c2cc3sccc3cn2)oc2cc(CCCN3CCOCC3)ccc12. The van der Waals surface area contributed by atoms with Gasteiger partial charge in [-0.05, 0) is 54.6 Å². The van der Waals surface area contributed by atoms with Crippen LogP contribution in [0.5, 0.6) is 0 Å². The maximum atomic E-state index is 9.55. The molecule has 0 radical (unpaired) electrons. The Hall–Kier alpha value is -2.74. The Morgan fingerprint density at radius 2 is 2.03 bits per heavy atom. The molecule has 5 rings (SSSR count). The molecular formula is C23H23N3O3S. The van der Waals surface area contributed by atoms with Gasteiger partial charge in [0, 0.05) is 40.8 Å². The quantitative estimate of drug-likeness (QED) is 0.385. The molecule has 4 heterocycles. The number of morpholine rings is 1. The molecule has 0 amide bonds. The van der Waals surface area contributed by atoms with E-state index < -0.39 is 0 Å². The predicted molar refractivity (Wildman–Crippen MR) is 118 cm³/mol. The van der Waals surface area contributed by atoms with Crippen LogP contribution in [-0.2, 0) is 11.2 Å². The summed E-state index contributed by atoms with van der Waals surface area (Å²) in [7, 11) is 0. The Kier molecular flexibility index (Phi) is 5.48. The van der Waals surface area contributed by atoms with Crippen LogP contribution in [0.25, 0.3) is 32.5 Å². The highest BCUT2D eigenvalue weighted by atomic mass is 32.1. The maximum absolute atomic E-state index is 9.55. The Bertz CT molecular complexity index is 1240. The first-order chi connectivity index (χ1) is 14.8. The third-order valence-electron chi connectivity index (χ3n) is 5.55. The van der Waals surface area contributed by atoms with Crippen LogP contribution in [0.2, 0.25) is 0 Å². The van der Waals surface area contributed by atoms with Crippen molar-refractivity contribution >= 4 is 32.4 Å². The van der Waals surface area contributed by atoms with Crippen molar-refractivity contribution in [2.24, 2.45) is 5.16 Å². The summed E-state index contributed by atoms with van der Waals surface area (Å²) in [5, 5.41) is 17.5. The lowest BCUT2D eigenvalue weighted by Gasteiger charge is -2.26. The molecule has 0 atom stereocenters. The lowest BCUT2D eigenvalue weighted by atomic mass is 10.1. The number of fused-ring (bicyclic) bond motifs is 2. The summed E-state index contributed by atoms with van der Waals surface area (Å²) in [5.74, 6) is 0.594. The molecule has 0 spiro atoms. The summed E-state index contributed by atoms with van der Waals surface area (Å²) in [6.45, 7) is 4.76. The minimum atomic E-state index is 0.485. The first-order valence-corrected chi connectivity index (χ1v) is 11.1. The van der Waals surface area contributed by atoms with Gasteiger partial charge in [0.25, 0.3) is 0 Å². The van der Waals surface area contributed by atoms with Gasteiger partial charge in [0.05, 0.1) is 13.2 Å². The van der Waals surface area contributed by atoms with E-state index in [9.17, 15) is 5.21 Å². The van der Waals surface area contributed by atoms with Crippen LogP contribution in [0.1, 0.15) is 12.0 Å². The minimum absolute atomic E-state index is 0.485. The van der Waals surface area contributed by atoms with Gasteiger partial charge in [0.1, 0.15) is 16.6 Å². The van der Waals surface area contributed by atoms with Crippen molar-refractivity contribution in [2.45, 2.75) is 12.8 Å². The second kappa shape index (κ2) is 8.55. The highest BCUT2D eigenvalue weighted by Crippen LogP contribution is 2.27. The van der Waals surface area contributed by atoms with Gasteiger partial charge in [-0.25, -0.2) is 0 Å². The van der Waals surface area contributed by atoms with Gasteiger partial charge in [0.2, 0.25) is 0 Å². The molecule has 30 heavy (non-hydrogen) atoms. The summed E-state index contributed by atoms with van der Waals surface area (Å²) in [5.41, 5.74) is 2.65. The first kappa shape index (κ1) is 19.2. The number of rotatable bonds is 5. The van der Waals surface area contributed by atoms with Crippen molar-refractivity contribution in [3.05, 3.63) is 58.9 Å². The first-order valence-electron chi connectivity index (χ1n) is 10.2. The zero-order valence-corrected chi connectivity index (χ0v) is 17.4. The number of aromatic nitrogens is 1. The van der Waals surface area contributed by atoms with Gasteiger partial charge in [-0.3, -0.25) is 9.88 Å². The van der Waals surface area contributed by atoms with E-state index in [1.807, 2.05) is 29.8 Å². The van der Waals surface area contributed by atoms with Crippen LogP contribution in [0.3, 0.4) is 0 Å². The third-order valence-corrected chi connectivity index (χ3v) is 6.43. The molecule has 1 saturated heterocycles. The lowest BCUT2D eigenvalue weighted by molar-refractivity contribution is 0.0375. The van der Waals surface area contributed by atoms with Crippen LogP contribution in [0.15, 0.2) is 57.5 Å². The molecule has 1 N–H and O–H groups in total. The molecular weight excluding hydrogens is 398 g/mol. The Balaban J connectivity index is 1.43. The molecule has 0 bridgehead atoms. The largest absolute Gasteiger partial charge is 0.454 e. The van der Waals surface area contributed by atoms with Crippen molar-refractivity contribution in [1.29, 1.82) is 0 Å². The van der Waals surface area contributed by atoms with Gasteiger partial charge >= 0.3 is 0 Å². The highest BCUT2D eigenvalue weighted by Gasteiger charge is 2.11. The topological polar surface area (TPSA) is 71.1 Å². The van der Waals surface area contributed by atoms with Gasteiger partial charge in [-0.1, -0.05) is 11.2 Å². The number of hydrogen-bond acceptors (Lipinski definition) is 7. The number of aryl methyl sites for hydroxylation is 1. The van der Waals surface area contributed by atoms with Crippen LogP contribution in [-0.4, -0.2) is 47.9 Å². The van der Waals surface area contributed by atoms with E-state index in [0.717, 1.165) is 66.9 Å². The molecule has 6 nitrogen and oxygen atoms in total. The zero-order valence-electron chi connectivity index (χ0n) is 16.6. The predicted octanol–water partition coefficient (Wildman–Crippen LogP) is 4.26. The minimum Gasteiger partial charge on any atom is -0.454 e. The van der Waals surface area contributed by atoms with Gasteiger partial charge in [-0.15, -0.1) is 11.3 Å². The molecule has 7 heteroatoms. The number of thiophene rings is 1. The van der Waals surface area contributed by atoms with Crippen LogP contribution in [0.4, 0.5) is 0 Å². The van der Waals surface area contributed by atoms with Crippen LogP contribution < -0.4 is 5.36 Å². The maximum Gasteiger partial charge on any atom is 0.155 e. The molecule has 1 aliphatic heterocycles. The molecule has 1 aliphatic rings. The van der Waals surface area contributed by atoms with E-state index in [1.54, 1.807) is 17.4 Å². The highest BCUT2D eigenvalue weighted by molar-refractivity contribution is 7.17. The van der Waals surface area contributed by atoms with Crippen molar-refractivity contribution in [3.8, 4) is 11.5 Å². The van der Waals surface area contributed by atoms with E-state index >= 15 is 0 Å². The van der Waals surface area contributed by atoms with E-state index in [2.05, 4.69) is 27.2 Å². The van der Waals surface area contributed by atoms with Gasteiger partial charge in [-0.2, -0.15) is 0 Å². The summed E-state index contributed by atoms with van der Waals surface area (Å²) >= 11 is 1.67. The van der Waals surface area contributed by atoms with Crippen molar-refractivity contribution in [1.82, 2.24) is 9.88 Å². The third kappa shape index (κ3) is 3.96. The fraction of sp³-hybridized carbons (Fsp3) is 0.304. The number of benzene rings is 1. The molecule has 3 aromatic heterocycles. The standard InChI is InChI=1S/C23H23N3O3S/c27-25-19-13-22(20-14-23-17(15-24-20)5-11-30-23)29-21-12-16(3-4-18(19)21)2-1-6-26-7-9-28-10-8-26/h3-5,11-15,27H,1-2,6-10H2/b25-19+. The second-order valence-electron chi connectivity index (χ2n) is 7.51. The van der Waals surface area contributed by atoms with E-state index in [0.29, 0.717) is 16.7 Å². The second-order valence-corrected chi connectivity index (χ2v) is 8.46. The molecule has 0 unspecified atom stereocenters. The normalized spacial score (nSPS) is 15.9. The molecule has 4 aromatic rings. The van der Waals surface area contributed by atoms with Crippen molar-refractivity contribution in [2.75, 3.05) is 32.8 Å². The van der Waals surface area contributed by atoms with Gasteiger partial charge < -0.3 is 14.4 Å². The van der Waals surface area contributed by atoms with E-state index in [4.69, 9.17) is 9.15 Å². The number of ether oxygens (including phenoxy) is 1. The summed E-state index contributed by atoms with van der Waals surface area (Å²) in [6.07, 6.45) is 3.90. The summed E-state index contributed by atoms with van der Waals surface area (Å²) < 4.78 is 12.8. The van der Waals surface area contributed by atoms with E-state index in [-0.39, 0.29) is 0 Å². The van der Waals surface area contributed by atoms with E-state index in [1.165, 1.54) is 5.56 Å². The fourth-order valence-electron chi connectivity index (χ4n) is 3.90. The monoisotopic (exact) mass is 421 g/mol. The Morgan fingerprint density at radius 3 is 2.90 bits per heavy atom. The number of nitrogens with zero attached hydrogens (tertiary/aromatic N) is 3. The van der Waals surface area contributed by atoms with Gasteiger partial charge in [0.15, 0.2) is 5.76 Å². The van der Waals surface area contributed by atoms with Crippen LogP contribution in [0, 0.1) is 0 Å². The Morgan fingerprint density at radius 1 is 1.13 bits per heavy atom. The number of hydrogen-bond donors (Lipinski definition) is 1. The molecule has 0 aliphatic carbocycles. The molecule has 1 fully saturated rings. The van der Waals surface area contributed by atoms with Crippen LogP contribution >= 0.6 is 11.3 Å². The smallest absolute Gasteiger partial charge is 0.155 e. The number of pyridine rings is 1. The van der Waals surface area contributed by atoms with Crippen molar-refractivity contribution in [3.63, 3.8) is 0 Å². The average molecular weight is 422 g/mol.